The van der Waals surface area contributed by atoms with E-state index in [4.69, 9.17) is 0 Å². The average molecular weight is 182 g/mol. The Morgan fingerprint density at radius 3 is 2.38 bits per heavy atom. The first-order valence-corrected chi connectivity index (χ1v) is 5.26. The summed E-state index contributed by atoms with van der Waals surface area (Å²) in [7, 11) is 0. The van der Waals surface area contributed by atoms with Crippen LogP contribution in [0.2, 0.25) is 0 Å². The fraction of sp³-hybridized carbons (Fsp3) is 0.667. The lowest BCUT2D eigenvalue weighted by Gasteiger charge is -2.24. The minimum absolute atomic E-state index is 0.614. The van der Waals surface area contributed by atoms with Crippen LogP contribution in [0.3, 0.4) is 0 Å². The van der Waals surface area contributed by atoms with Crippen molar-refractivity contribution >= 4 is 0 Å². The van der Waals surface area contributed by atoms with E-state index in [0.717, 1.165) is 24.8 Å². The molecule has 0 amide bonds. The van der Waals surface area contributed by atoms with Gasteiger partial charge >= 0.3 is 0 Å². The lowest BCUT2D eigenvalue weighted by molar-refractivity contribution is 0.0976. The monoisotopic (exact) mass is 182 g/mol. The Balaban J connectivity index is 0.000000671. The van der Waals surface area contributed by atoms with E-state index < -0.39 is 5.60 Å². The van der Waals surface area contributed by atoms with E-state index in [1.807, 2.05) is 33.8 Å². The van der Waals surface area contributed by atoms with Crippen LogP contribution in [-0.2, 0) is 0 Å². The highest BCUT2D eigenvalue weighted by atomic mass is 16.3. The largest absolute Gasteiger partial charge is 0.385 e. The fourth-order valence-electron chi connectivity index (χ4n) is 1.22. The SMILES string of the molecule is CC.CCC(C)(O)C1=CCCC=C1. The van der Waals surface area contributed by atoms with E-state index in [-0.39, 0.29) is 0 Å². The molecule has 0 aromatic carbocycles. The zero-order valence-electron chi connectivity index (χ0n) is 9.30. The molecule has 0 aromatic heterocycles. The van der Waals surface area contributed by atoms with Gasteiger partial charge in [0.2, 0.25) is 0 Å². The van der Waals surface area contributed by atoms with Crippen LogP contribution in [0.1, 0.15) is 47.0 Å². The van der Waals surface area contributed by atoms with Gasteiger partial charge in [-0.15, -0.1) is 0 Å². The van der Waals surface area contributed by atoms with E-state index in [1.54, 1.807) is 0 Å². The minimum atomic E-state index is -0.614. The molecule has 0 spiro atoms. The Bertz CT molecular complexity index is 187. The Kier molecular flexibility index (Phi) is 5.72. The second-order valence-corrected chi connectivity index (χ2v) is 3.27. The highest BCUT2D eigenvalue weighted by Crippen LogP contribution is 2.24. The maximum atomic E-state index is 9.83. The van der Waals surface area contributed by atoms with Crippen molar-refractivity contribution in [2.24, 2.45) is 0 Å². The molecule has 1 aliphatic carbocycles. The Labute approximate surface area is 82.2 Å². The lowest BCUT2D eigenvalue weighted by atomic mass is 9.89. The van der Waals surface area contributed by atoms with Crippen molar-refractivity contribution in [3.05, 3.63) is 23.8 Å². The molecule has 0 aromatic rings. The van der Waals surface area contributed by atoms with Crippen LogP contribution in [0.4, 0.5) is 0 Å². The number of allylic oxidation sites excluding steroid dienone is 2. The van der Waals surface area contributed by atoms with Crippen molar-refractivity contribution in [1.82, 2.24) is 0 Å². The third kappa shape index (κ3) is 3.77. The standard InChI is InChI=1S/C10H16O.C2H6/c1-3-10(2,11)9-7-5-4-6-8-9;1-2/h5,7-8,11H,3-4,6H2,1-2H3;1-2H3. The Morgan fingerprint density at radius 1 is 1.38 bits per heavy atom. The summed E-state index contributed by atoms with van der Waals surface area (Å²) in [6.45, 7) is 7.87. The van der Waals surface area contributed by atoms with Gasteiger partial charge in [0, 0.05) is 0 Å². The summed E-state index contributed by atoms with van der Waals surface area (Å²) < 4.78 is 0. The van der Waals surface area contributed by atoms with Crippen molar-refractivity contribution < 1.29 is 5.11 Å². The molecule has 0 aliphatic heterocycles. The van der Waals surface area contributed by atoms with Crippen LogP contribution in [0.5, 0.6) is 0 Å². The normalized spacial score (nSPS) is 19.6. The van der Waals surface area contributed by atoms with Crippen molar-refractivity contribution in [2.75, 3.05) is 0 Å². The van der Waals surface area contributed by atoms with Gasteiger partial charge in [-0.05, 0) is 31.8 Å². The third-order valence-corrected chi connectivity index (χ3v) is 2.31. The highest BCUT2D eigenvalue weighted by Gasteiger charge is 2.21. The molecule has 1 rings (SSSR count). The third-order valence-electron chi connectivity index (χ3n) is 2.31. The van der Waals surface area contributed by atoms with E-state index in [2.05, 4.69) is 12.2 Å². The molecule has 0 radical (unpaired) electrons. The molecule has 0 bridgehead atoms. The summed E-state index contributed by atoms with van der Waals surface area (Å²) in [6, 6.07) is 0. The predicted octanol–water partition coefficient (Wildman–Crippen LogP) is 3.45. The van der Waals surface area contributed by atoms with Gasteiger partial charge in [0.05, 0.1) is 5.60 Å². The second-order valence-electron chi connectivity index (χ2n) is 3.27. The van der Waals surface area contributed by atoms with E-state index in [0.29, 0.717) is 0 Å². The van der Waals surface area contributed by atoms with Gasteiger partial charge in [0.25, 0.3) is 0 Å². The van der Waals surface area contributed by atoms with Gasteiger partial charge in [0.15, 0.2) is 0 Å². The van der Waals surface area contributed by atoms with E-state index in [1.165, 1.54) is 0 Å². The van der Waals surface area contributed by atoms with Gasteiger partial charge in [-0.25, -0.2) is 0 Å². The quantitative estimate of drug-likeness (QED) is 0.693. The van der Waals surface area contributed by atoms with E-state index >= 15 is 0 Å². The molecule has 1 heteroatoms. The van der Waals surface area contributed by atoms with Gasteiger partial charge in [-0.3, -0.25) is 0 Å². The molecular formula is C12H22O. The zero-order chi connectivity index (χ0) is 10.3. The van der Waals surface area contributed by atoms with Gasteiger partial charge in [0.1, 0.15) is 0 Å². The van der Waals surface area contributed by atoms with Crippen LogP contribution in [0.15, 0.2) is 23.8 Å². The van der Waals surface area contributed by atoms with Crippen LogP contribution in [-0.4, -0.2) is 10.7 Å². The summed E-state index contributed by atoms with van der Waals surface area (Å²) in [5, 5.41) is 9.83. The maximum absolute atomic E-state index is 9.83. The van der Waals surface area contributed by atoms with Gasteiger partial charge in [-0.2, -0.15) is 0 Å². The first-order chi connectivity index (χ1) is 6.17. The average Bonchev–Trinajstić information content (AvgIpc) is 2.22. The predicted molar refractivity (Wildman–Crippen MR) is 58.7 cm³/mol. The van der Waals surface area contributed by atoms with Crippen molar-refractivity contribution in [2.45, 2.75) is 52.6 Å². The van der Waals surface area contributed by atoms with Gasteiger partial charge < -0.3 is 5.11 Å². The van der Waals surface area contributed by atoms with E-state index in [9.17, 15) is 5.11 Å². The summed E-state index contributed by atoms with van der Waals surface area (Å²) in [5.41, 5.74) is 0.461. The van der Waals surface area contributed by atoms with Crippen LogP contribution in [0.25, 0.3) is 0 Å². The summed E-state index contributed by atoms with van der Waals surface area (Å²) >= 11 is 0. The molecule has 76 valence electrons. The zero-order valence-corrected chi connectivity index (χ0v) is 9.30. The smallest absolute Gasteiger partial charge is 0.0862 e. The minimum Gasteiger partial charge on any atom is -0.385 e. The number of rotatable bonds is 2. The van der Waals surface area contributed by atoms with Gasteiger partial charge in [-0.1, -0.05) is 39.0 Å². The van der Waals surface area contributed by atoms with Crippen molar-refractivity contribution in [3.8, 4) is 0 Å². The summed E-state index contributed by atoms with van der Waals surface area (Å²) in [6.07, 6.45) is 9.25. The molecular weight excluding hydrogens is 160 g/mol. The Morgan fingerprint density at radius 2 is 2.00 bits per heavy atom. The number of hydrogen-bond donors (Lipinski definition) is 1. The van der Waals surface area contributed by atoms with Crippen LogP contribution < -0.4 is 0 Å². The summed E-state index contributed by atoms with van der Waals surface area (Å²) in [5.74, 6) is 0. The molecule has 1 nitrogen and oxygen atoms in total. The molecule has 1 unspecified atom stereocenters. The van der Waals surface area contributed by atoms with Crippen LogP contribution in [0, 0.1) is 0 Å². The molecule has 0 heterocycles. The highest BCUT2D eigenvalue weighted by molar-refractivity contribution is 5.30. The molecule has 1 atom stereocenters. The Hall–Kier alpha value is -0.560. The lowest BCUT2D eigenvalue weighted by Crippen LogP contribution is -2.25. The first kappa shape index (κ1) is 12.4. The summed E-state index contributed by atoms with van der Waals surface area (Å²) in [4.78, 5) is 0. The van der Waals surface area contributed by atoms with Crippen molar-refractivity contribution in [3.63, 3.8) is 0 Å². The molecule has 1 N–H and O–H groups in total. The maximum Gasteiger partial charge on any atom is 0.0862 e. The molecule has 1 aliphatic rings. The number of aliphatic hydroxyl groups is 1. The number of hydrogen-bond acceptors (Lipinski definition) is 1. The molecule has 0 fully saturated rings. The molecule has 13 heavy (non-hydrogen) atoms. The topological polar surface area (TPSA) is 20.2 Å². The molecule has 0 saturated heterocycles. The first-order valence-electron chi connectivity index (χ1n) is 5.26. The van der Waals surface area contributed by atoms with Crippen LogP contribution >= 0.6 is 0 Å². The molecule has 0 saturated carbocycles. The second kappa shape index (κ2) is 5.98. The van der Waals surface area contributed by atoms with Crippen molar-refractivity contribution in [1.29, 1.82) is 0 Å². The fourth-order valence-corrected chi connectivity index (χ4v) is 1.22.